The van der Waals surface area contributed by atoms with E-state index < -0.39 is 5.60 Å². The molecule has 0 bridgehead atoms. The third-order valence-electron chi connectivity index (χ3n) is 1.66. The number of methoxy groups -OCH3 is 1. The fraction of sp³-hybridized carbons (Fsp3) is 0.455. The maximum absolute atomic E-state index is 11.6. The van der Waals surface area contributed by atoms with E-state index in [1.54, 1.807) is 12.1 Å². The summed E-state index contributed by atoms with van der Waals surface area (Å²) in [6, 6.07) is 3.24. The first-order valence-electron chi connectivity index (χ1n) is 4.91. The van der Waals surface area contributed by atoms with E-state index in [2.05, 4.69) is 10.5 Å². The number of ether oxygens (including phenoxy) is 1. The first kappa shape index (κ1) is 12.4. The van der Waals surface area contributed by atoms with Crippen molar-refractivity contribution in [3.05, 3.63) is 23.9 Å². The molecule has 0 aromatic carbocycles. The Balaban J connectivity index is 2.59. The van der Waals surface area contributed by atoms with Gasteiger partial charge in [0.15, 0.2) is 0 Å². The molecule has 5 nitrogen and oxygen atoms in total. The van der Waals surface area contributed by atoms with E-state index in [0.717, 1.165) is 0 Å². The van der Waals surface area contributed by atoms with Gasteiger partial charge in [-0.2, -0.15) is 0 Å². The molecule has 1 aromatic heterocycles. The molecular formula is C11H16N2O3. The van der Waals surface area contributed by atoms with Crippen LogP contribution in [0.4, 0.5) is 0 Å². The molecule has 0 aliphatic rings. The van der Waals surface area contributed by atoms with E-state index in [0.29, 0.717) is 11.4 Å². The van der Waals surface area contributed by atoms with Crippen molar-refractivity contribution in [2.45, 2.75) is 26.4 Å². The van der Waals surface area contributed by atoms with E-state index >= 15 is 0 Å². The summed E-state index contributed by atoms with van der Waals surface area (Å²) in [6.45, 7) is 5.54. The molecule has 0 spiro atoms. The lowest BCUT2D eigenvalue weighted by atomic mass is 10.2. The van der Waals surface area contributed by atoms with Gasteiger partial charge in [0.25, 0.3) is 5.91 Å². The molecule has 0 fully saturated rings. The maximum Gasteiger partial charge on any atom is 0.276 e. The molecule has 88 valence electrons. The van der Waals surface area contributed by atoms with Gasteiger partial charge in [-0.15, -0.1) is 0 Å². The van der Waals surface area contributed by atoms with Gasteiger partial charge in [0.2, 0.25) is 5.88 Å². The molecule has 0 radical (unpaired) electrons. The van der Waals surface area contributed by atoms with Crippen LogP contribution in [-0.2, 0) is 4.84 Å². The van der Waals surface area contributed by atoms with Gasteiger partial charge < -0.3 is 4.74 Å². The van der Waals surface area contributed by atoms with Gasteiger partial charge in [-0.25, -0.2) is 10.5 Å². The normalized spacial score (nSPS) is 11.0. The Morgan fingerprint density at radius 1 is 1.38 bits per heavy atom. The highest BCUT2D eigenvalue weighted by Gasteiger charge is 2.14. The molecule has 5 heteroatoms. The molecule has 0 aliphatic heterocycles. The van der Waals surface area contributed by atoms with Gasteiger partial charge in [-0.1, -0.05) is 0 Å². The van der Waals surface area contributed by atoms with Crippen molar-refractivity contribution in [1.29, 1.82) is 0 Å². The van der Waals surface area contributed by atoms with Crippen LogP contribution >= 0.6 is 0 Å². The van der Waals surface area contributed by atoms with Gasteiger partial charge >= 0.3 is 0 Å². The van der Waals surface area contributed by atoms with Crippen molar-refractivity contribution >= 4 is 5.91 Å². The fourth-order valence-electron chi connectivity index (χ4n) is 0.894. The Bertz CT molecular complexity index is 354. The SMILES string of the molecule is COc1ccc(C(=O)NOC(C)(C)C)cn1. The monoisotopic (exact) mass is 224 g/mol. The number of amides is 1. The van der Waals surface area contributed by atoms with Crippen molar-refractivity contribution in [2.75, 3.05) is 7.11 Å². The molecule has 0 saturated carbocycles. The molecular weight excluding hydrogens is 208 g/mol. The van der Waals surface area contributed by atoms with Crippen molar-refractivity contribution in [1.82, 2.24) is 10.5 Å². The van der Waals surface area contributed by atoms with Gasteiger partial charge in [-0.3, -0.25) is 9.63 Å². The summed E-state index contributed by atoms with van der Waals surface area (Å²) in [5, 5.41) is 0. The molecule has 0 unspecified atom stereocenters. The maximum atomic E-state index is 11.6. The fourth-order valence-corrected chi connectivity index (χ4v) is 0.894. The number of pyridine rings is 1. The minimum atomic E-state index is -0.421. The summed E-state index contributed by atoms with van der Waals surface area (Å²) < 4.78 is 4.89. The molecule has 1 heterocycles. The number of nitrogens with zero attached hydrogens (tertiary/aromatic N) is 1. The summed E-state index contributed by atoms with van der Waals surface area (Å²) in [6.07, 6.45) is 1.43. The second-order valence-corrected chi connectivity index (χ2v) is 4.23. The lowest BCUT2D eigenvalue weighted by Gasteiger charge is -2.18. The number of hydrogen-bond donors (Lipinski definition) is 1. The Kier molecular flexibility index (Phi) is 3.84. The van der Waals surface area contributed by atoms with Crippen LogP contribution in [0.25, 0.3) is 0 Å². The molecule has 0 saturated heterocycles. The highest BCUT2D eigenvalue weighted by atomic mass is 16.7. The lowest BCUT2D eigenvalue weighted by Crippen LogP contribution is -2.33. The molecule has 1 N–H and O–H groups in total. The number of hydrogen-bond acceptors (Lipinski definition) is 4. The summed E-state index contributed by atoms with van der Waals surface area (Å²) in [4.78, 5) is 20.6. The molecule has 0 aliphatic carbocycles. The van der Waals surface area contributed by atoms with Crippen LogP contribution in [0.3, 0.4) is 0 Å². The standard InChI is InChI=1S/C11H16N2O3/c1-11(2,3)16-13-10(14)8-5-6-9(15-4)12-7-8/h5-7H,1-4H3,(H,13,14). The molecule has 16 heavy (non-hydrogen) atoms. The summed E-state index contributed by atoms with van der Waals surface area (Å²) in [5.74, 6) is 0.137. The number of carbonyl (C=O) groups excluding carboxylic acids is 1. The third kappa shape index (κ3) is 3.86. The van der Waals surface area contributed by atoms with Gasteiger partial charge in [0, 0.05) is 12.3 Å². The number of nitrogens with one attached hydrogen (secondary N) is 1. The van der Waals surface area contributed by atoms with Crippen LogP contribution in [0.5, 0.6) is 5.88 Å². The smallest absolute Gasteiger partial charge is 0.276 e. The van der Waals surface area contributed by atoms with E-state index in [-0.39, 0.29) is 5.91 Å². The van der Waals surface area contributed by atoms with Crippen molar-refractivity contribution < 1.29 is 14.4 Å². The van der Waals surface area contributed by atoms with E-state index in [1.807, 2.05) is 20.8 Å². The van der Waals surface area contributed by atoms with Crippen molar-refractivity contribution in [3.8, 4) is 5.88 Å². The first-order chi connectivity index (χ1) is 7.42. The average molecular weight is 224 g/mol. The zero-order valence-corrected chi connectivity index (χ0v) is 9.90. The van der Waals surface area contributed by atoms with Crippen molar-refractivity contribution in [3.63, 3.8) is 0 Å². The van der Waals surface area contributed by atoms with E-state index in [1.165, 1.54) is 13.3 Å². The largest absolute Gasteiger partial charge is 0.481 e. The topological polar surface area (TPSA) is 60.5 Å². The highest BCUT2D eigenvalue weighted by Crippen LogP contribution is 2.08. The Morgan fingerprint density at radius 2 is 2.06 bits per heavy atom. The highest BCUT2D eigenvalue weighted by molar-refractivity contribution is 5.93. The summed E-state index contributed by atoms with van der Waals surface area (Å²) >= 11 is 0. The first-order valence-corrected chi connectivity index (χ1v) is 4.91. The Morgan fingerprint density at radius 3 is 2.50 bits per heavy atom. The summed E-state index contributed by atoms with van der Waals surface area (Å²) in [5.41, 5.74) is 2.36. The van der Waals surface area contributed by atoms with Crippen molar-refractivity contribution in [2.24, 2.45) is 0 Å². The number of carbonyl (C=O) groups is 1. The van der Waals surface area contributed by atoms with E-state index in [9.17, 15) is 4.79 Å². The number of hydroxylamine groups is 1. The quantitative estimate of drug-likeness (QED) is 0.791. The van der Waals surface area contributed by atoms with Crippen LogP contribution < -0.4 is 10.2 Å². The van der Waals surface area contributed by atoms with Crippen LogP contribution in [0, 0.1) is 0 Å². The van der Waals surface area contributed by atoms with Gasteiger partial charge in [0.05, 0.1) is 18.3 Å². The molecule has 1 aromatic rings. The zero-order chi connectivity index (χ0) is 12.2. The van der Waals surface area contributed by atoms with Crippen LogP contribution in [0.1, 0.15) is 31.1 Å². The van der Waals surface area contributed by atoms with E-state index in [4.69, 9.17) is 9.57 Å². The minimum Gasteiger partial charge on any atom is -0.481 e. The lowest BCUT2D eigenvalue weighted by molar-refractivity contribution is -0.0589. The number of rotatable bonds is 3. The van der Waals surface area contributed by atoms with Crippen LogP contribution in [0.15, 0.2) is 18.3 Å². The second-order valence-electron chi connectivity index (χ2n) is 4.23. The minimum absolute atomic E-state index is 0.329. The van der Waals surface area contributed by atoms with Crippen LogP contribution in [0.2, 0.25) is 0 Å². The van der Waals surface area contributed by atoms with Crippen LogP contribution in [-0.4, -0.2) is 23.6 Å². The van der Waals surface area contributed by atoms with Gasteiger partial charge in [-0.05, 0) is 26.8 Å². The predicted octanol–water partition coefficient (Wildman–Crippen LogP) is 1.55. The van der Waals surface area contributed by atoms with Gasteiger partial charge in [0.1, 0.15) is 0 Å². The Hall–Kier alpha value is -1.62. The average Bonchev–Trinajstić information content (AvgIpc) is 2.25. The number of aromatic nitrogens is 1. The molecule has 1 rings (SSSR count). The predicted molar refractivity (Wildman–Crippen MR) is 59.1 cm³/mol. The second kappa shape index (κ2) is 4.94. The third-order valence-corrected chi connectivity index (χ3v) is 1.66. The summed E-state index contributed by atoms with van der Waals surface area (Å²) in [7, 11) is 1.52. The molecule has 1 amide bonds. The zero-order valence-electron chi connectivity index (χ0n) is 9.90. The Labute approximate surface area is 94.7 Å². The molecule has 0 atom stereocenters.